The molecule has 6 nitrogen and oxygen atoms in total. The largest absolute Gasteiger partial charge is 0.491 e. The van der Waals surface area contributed by atoms with Crippen LogP contribution in [0.4, 0.5) is 5.69 Å². The third-order valence-electron chi connectivity index (χ3n) is 2.53. The van der Waals surface area contributed by atoms with Crippen molar-refractivity contribution in [1.82, 2.24) is 9.78 Å². The number of aryl methyl sites for hydroxylation is 1. The second-order valence-corrected chi connectivity index (χ2v) is 4.40. The predicted octanol–water partition coefficient (Wildman–Crippen LogP) is 2.60. The van der Waals surface area contributed by atoms with Crippen LogP contribution in [0.2, 0.25) is 5.02 Å². The fraction of sp³-hybridized carbons (Fsp3) is 0.250. The first-order valence-corrected chi connectivity index (χ1v) is 5.98. The number of non-ortho nitro benzene ring substituents is 1. The molecular formula is C12H12ClN3O3. The minimum atomic E-state index is -0.482. The number of hydrogen-bond acceptors (Lipinski definition) is 4. The number of nitro groups is 1. The van der Waals surface area contributed by atoms with E-state index in [-0.39, 0.29) is 5.69 Å². The molecule has 0 saturated heterocycles. The van der Waals surface area contributed by atoms with Crippen LogP contribution in [0, 0.1) is 10.1 Å². The second-order valence-electron chi connectivity index (χ2n) is 3.99. The molecule has 0 amide bonds. The summed E-state index contributed by atoms with van der Waals surface area (Å²) in [6, 6.07) is 4.13. The van der Waals surface area contributed by atoms with E-state index in [1.807, 2.05) is 13.2 Å². The van der Waals surface area contributed by atoms with E-state index in [0.29, 0.717) is 23.8 Å². The lowest BCUT2D eigenvalue weighted by molar-refractivity contribution is -0.384. The molecule has 1 heterocycles. The van der Waals surface area contributed by atoms with E-state index in [4.69, 9.17) is 16.3 Å². The highest BCUT2D eigenvalue weighted by atomic mass is 35.5. The molecule has 1 aromatic heterocycles. The number of nitrogens with zero attached hydrogens (tertiary/aromatic N) is 3. The van der Waals surface area contributed by atoms with Crippen molar-refractivity contribution in [2.24, 2.45) is 7.05 Å². The molecule has 0 spiro atoms. The van der Waals surface area contributed by atoms with Crippen LogP contribution in [0.1, 0.15) is 5.56 Å². The van der Waals surface area contributed by atoms with Gasteiger partial charge in [0.15, 0.2) is 0 Å². The minimum Gasteiger partial charge on any atom is -0.491 e. The van der Waals surface area contributed by atoms with Gasteiger partial charge in [0, 0.05) is 25.7 Å². The molecule has 19 heavy (non-hydrogen) atoms. The summed E-state index contributed by atoms with van der Waals surface area (Å²) in [6.45, 7) is 0.382. The number of ether oxygens (including phenoxy) is 1. The minimum absolute atomic E-state index is 0.0409. The Morgan fingerprint density at radius 2 is 2.32 bits per heavy atom. The molecule has 7 heteroatoms. The Hall–Kier alpha value is -2.08. The van der Waals surface area contributed by atoms with E-state index in [2.05, 4.69) is 5.10 Å². The van der Waals surface area contributed by atoms with Gasteiger partial charge in [-0.2, -0.15) is 5.10 Å². The highest BCUT2D eigenvalue weighted by Gasteiger charge is 2.10. The van der Waals surface area contributed by atoms with Crippen molar-refractivity contribution in [3.05, 3.63) is 51.3 Å². The van der Waals surface area contributed by atoms with E-state index < -0.39 is 4.92 Å². The molecule has 1 aromatic carbocycles. The number of rotatable bonds is 5. The summed E-state index contributed by atoms with van der Waals surface area (Å²) in [5.41, 5.74) is 0.991. The molecule has 2 rings (SSSR count). The first-order valence-electron chi connectivity index (χ1n) is 5.60. The van der Waals surface area contributed by atoms with Gasteiger partial charge >= 0.3 is 0 Å². The number of nitro benzene ring substituents is 1. The first kappa shape index (κ1) is 13.4. The summed E-state index contributed by atoms with van der Waals surface area (Å²) in [4.78, 5) is 10.2. The zero-order chi connectivity index (χ0) is 13.8. The monoisotopic (exact) mass is 281 g/mol. The van der Waals surface area contributed by atoms with Gasteiger partial charge in [-0.15, -0.1) is 0 Å². The third-order valence-corrected chi connectivity index (χ3v) is 2.84. The van der Waals surface area contributed by atoms with Crippen LogP contribution in [-0.4, -0.2) is 21.3 Å². The molecular weight excluding hydrogens is 270 g/mol. The molecule has 0 aliphatic heterocycles. The molecule has 0 aliphatic rings. The Balaban J connectivity index is 1.99. The lowest BCUT2D eigenvalue weighted by Gasteiger charge is -2.06. The maximum absolute atomic E-state index is 10.7. The topological polar surface area (TPSA) is 70.2 Å². The van der Waals surface area contributed by atoms with Crippen LogP contribution in [-0.2, 0) is 13.5 Å². The molecule has 0 unspecified atom stereocenters. The van der Waals surface area contributed by atoms with Crippen LogP contribution in [0.25, 0.3) is 0 Å². The molecule has 0 saturated carbocycles. The molecule has 0 N–H and O–H groups in total. The molecule has 0 bridgehead atoms. The fourth-order valence-corrected chi connectivity index (χ4v) is 1.77. The van der Waals surface area contributed by atoms with Gasteiger partial charge in [-0.3, -0.25) is 14.8 Å². The van der Waals surface area contributed by atoms with Crippen molar-refractivity contribution in [3.8, 4) is 5.75 Å². The van der Waals surface area contributed by atoms with Gasteiger partial charge in [0.05, 0.1) is 28.8 Å². The van der Waals surface area contributed by atoms with Crippen molar-refractivity contribution in [3.63, 3.8) is 0 Å². The second kappa shape index (κ2) is 5.71. The third kappa shape index (κ3) is 3.45. The lowest BCUT2D eigenvalue weighted by atomic mass is 10.2. The lowest BCUT2D eigenvalue weighted by Crippen LogP contribution is -2.01. The van der Waals surface area contributed by atoms with E-state index in [1.165, 1.54) is 18.2 Å². The van der Waals surface area contributed by atoms with Gasteiger partial charge in [-0.1, -0.05) is 11.6 Å². The van der Waals surface area contributed by atoms with Crippen LogP contribution in [0.5, 0.6) is 5.75 Å². The summed E-state index contributed by atoms with van der Waals surface area (Å²) >= 11 is 5.92. The van der Waals surface area contributed by atoms with Crippen molar-refractivity contribution in [2.75, 3.05) is 6.61 Å². The summed E-state index contributed by atoms with van der Waals surface area (Å²) in [7, 11) is 1.84. The first-order chi connectivity index (χ1) is 9.06. The average Bonchev–Trinajstić information content (AvgIpc) is 2.77. The normalized spacial score (nSPS) is 10.4. The Labute approximate surface area is 114 Å². The van der Waals surface area contributed by atoms with Crippen LogP contribution >= 0.6 is 11.6 Å². The highest BCUT2D eigenvalue weighted by Crippen LogP contribution is 2.28. The molecule has 0 atom stereocenters. The highest BCUT2D eigenvalue weighted by molar-refractivity contribution is 6.32. The summed E-state index contributed by atoms with van der Waals surface area (Å²) in [6.07, 6.45) is 4.30. The van der Waals surface area contributed by atoms with Crippen molar-refractivity contribution in [2.45, 2.75) is 6.42 Å². The number of benzene rings is 1. The van der Waals surface area contributed by atoms with Crippen molar-refractivity contribution < 1.29 is 9.66 Å². The predicted molar refractivity (Wildman–Crippen MR) is 70.5 cm³/mol. The van der Waals surface area contributed by atoms with E-state index >= 15 is 0 Å². The summed E-state index contributed by atoms with van der Waals surface area (Å²) in [5, 5.41) is 15.1. The number of hydrogen-bond donors (Lipinski definition) is 0. The van der Waals surface area contributed by atoms with Gasteiger partial charge in [-0.05, 0) is 11.6 Å². The molecule has 0 radical (unpaired) electrons. The zero-order valence-corrected chi connectivity index (χ0v) is 11.0. The number of halogens is 1. The molecule has 0 fully saturated rings. The van der Waals surface area contributed by atoms with Gasteiger partial charge in [0.25, 0.3) is 5.69 Å². The van der Waals surface area contributed by atoms with Crippen molar-refractivity contribution in [1.29, 1.82) is 0 Å². The smallest absolute Gasteiger partial charge is 0.273 e. The van der Waals surface area contributed by atoms with E-state index in [1.54, 1.807) is 10.9 Å². The maximum Gasteiger partial charge on any atom is 0.273 e. The quantitative estimate of drug-likeness (QED) is 0.624. The Morgan fingerprint density at radius 3 is 2.95 bits per heavy atom. The Bertz CT molecular complexity index is 598. The van der Waals surface area contributed by atoms with Crippen LogP contribution in [0.3, 0.4) is 0 Å². The van der Waals surface area contributed by atoms with E-state index in [0.717, 1.165) is 5.56 Å². The SMILES string of the molecule is Cn1cc(CCOc2cc([N+](=O)[O-])ccc2Cl)cn1. The zero-order valence-electron chi connectivity index (χ0n) is 10.2. The van der Waals surface area contributed by atoms with Gasteiger partial charge in [0.1, 0.15) is 5.75 Å². The van der Waals surface area contributed by atoms with Crippen molar-refractivity contribution >= 4 is 17.3 Å². The molecule has 0 aliphatic carbocycles. The average molecular weight is 282 g/mol. The van der Waals surface area contributed by atoms with Crippen LogP contribution in [0.15, 0.2) is 30.6 Å². The summed E-state index contributed by atoms with van der Waals surface area (Å²) in [5.74, 6) is 0.319. The standard InChI is InChI=1S/C12H12ClN3O3/c1-15-8-9(7-14-15)4-5-19-12-6-10(16(17)18)2-3-11(12)13/h2-3,6-8H,4-5H2,1H3. The van der Waals surface area contributed by atoms with Gasteiger partial charge in [0.2, 0.25) is 0 Å². The van der Waals surface area contributed by atoms with E-state index in [9.17, 15) is 10.1 Å². The Kier molecular flexibility index (Phi) is 4.01. The molecule has 100 valence electrons. The van der Waals surface area contributed by atoms with Gasteiger partial charge in [-0.25, -0.2) is 0 Å². The molecule has 2 aromatic rings. The fourth-order valence-electron chi connectivity index (χ4n) is 1.60. The maximum atomic E-state index is 10.7. The Morgan fingerprint density at radius 1 is 1.53 bits per heavy atom. The number of aromatic nitrogens is 2. The van der Waals surface area contributed by atoms with Gasteiger partial charge < -0.3 is 4.74 Å². The summed E-state index contributed by atoms with van der Waals surface area (Å²) < 4.78 is 7.17. The van der Waals surface area contributed by atoms with Crippen LogP contribution < -0.4 is 4.74 Å².